The van der Waals surface area contributed by atoms with Crippen molar-refractivity contribution < 1.29 is 14.0 Å². The van der Waals surface area contributed by atoms with Crippen LogP contribution in [0.5, 0.6) is 0 Å². The average Bonchev–Trinajstić information content (AvgIpc) is 3.45. The molecule has 2 unspecified atom stereocenters. The Bertz CT molecular complexity index is 633. The highest BCUT2D eigenvalue weighted by atomic mass is 16.3. The van der Waals surface area contributed by atoms with E-state index in [1.165, 1.54) is 32.1 Å². The van der Waals surface area contributed by atoms with Crippen LogP contribution in [0.1, 0.15) is 63.2 Å². The topological polar surface area (TPSA) is 65.8 Å². The van der Waals surface area contributed by atoms with Crippen molar-refractivity contribution in [2.24, 2.45) is 5.92 Å². The molecule has 0 spiro atoms. The van der Waals surface area contributed by atoms with Crippen LogP contribution < -0.4 is 5.32 Å². The summed E-state index contributed by atoms with van der Waals surface area (Å²) in [5, 5.41) is 3.11. The summed E-state index contributed by atoms with van der Waals surface area (Å²) in [4.78, 5) is 29.6. The van der Waals surface area contributed by atoms with Crippen LogP contribution in [-0.2, 0) is 9.59 Å². The van der Waals surface area contributed by atoms with Crippen LogP contribution in [0.3, 0.4) is 0 Å². The molecule has 1 N–H and O–H groups in total. The molecule has 1 aliphatic carbocycles. The monoisotopic (exact) mass is 373 g/mol. The number of hydrogen-bond donors (Lipinski definition) is 1. The number of hydrogen-bond acceptors (Lipinski definition) is 4. The standard InChI is InChI=1S/C21H31N3O3/c25-20-13-16(15-24(20)17-7-2-1-3-8-17)21(26)22-14-18(19-9-6-12-27-19)23-10-4-5-11-23/h6,9,12,16-18H,1-5,7-8,10-11,13-15H2,(H,22,26). The van der Waals surface area contributed by atoms with E-state index in [2.05, 4.69) is 10.2 Å². The first-order chi connectivity index (χ1) is 13.2. The van der Waals surface area contributed by atoms with Crippen molar-refractivity contribution in [2.75, 3.05) is 26.2 Å². The molecule has 1 aromatic heterocycles. The molecule has 3 aliphatic rings. The van der Waals surface area contributed by atoms with Crippen LogP contribution in [0.4, 0.5) is 0 Å². The SMILES string of the molecule is O=C(NCC(c1ccco1)N1CCCC1)C1CC(=O)N(C2CCCCC2)C1. The molecular weight excluding hydrogens is 342 g/mol. The van der Waals surface area contributed by atoms with Crippen LogP contribution >= 0.6 is 0 Å². The normalized spacial score (nSPS) is 25.9. The summed E-state index contributed by atoms with van der Waals surface area (Å²) in [7, 11) is 0. The van der Waals surface area contributed by atoms with Gasteiger partial charge in [-0.25, -0.2) is 0 Å². The number of rotatable bonds is 6. The lowest BCUT2D eigenvalue weighted by Crippen LogP contribution is -2.41. The minimum atomic E-state index is -0.213. The summed E-state index contributed by atoms with van der Waals surface area (Å²) in [5.41, 5.74) is 0. The largest absolute Gasteiger partial charge is 0.468 e. The van der Waals surface area contributed by atoms with Crippen LogP contribution in [0.15, 0.2) is 22.8 Å². The van der Waals surface area contributed by atoms with Gasteiger partial charge in [-0.15, -0.1) is 0 Å². The fourth-order valence-corrected chi connectivity index (χ4v) is 4.94. The molecule has 1 saturated carbocycles. The van der Waals surface area contributed by atoms with E-state index in [-0.39, 0.29) is 23.8 Å². The van der Waals surface area contributed by atoms with Gasteiger partial charge in [-0.05, 0) is 50.9 Å². The van der Waals surface area contributed by atoms with E-state index in [1.807, 2.05) is 17.0 Å². The second kappa shape index (κ2) is 8.46. The molecule has 2 atom stereocenters. The van der Waals surface area contributed by atoms with Crippen molar-refractivity contribution >= 4 is 11.8 Å². The van der Waals surface area contributed by atoms with Gasteiger partial charge in [-0.1, -0.05) is 19.3 Å². The van der Waals surface area contributed by atoms with Crippen LogP contribution in [0, 0.1) is 5.92 Å². The van der Waals surface area contributed by atoms with E-state index in [4.69, 9.17) is 4.42 Å². The highest BCUT2D eigenvalue weighted by Gasteiger charge is 2.38. The smallest absolute Gasteiger partial charge is 0.225 e. The fraction of sp³-hybridized carbons (Fsp3) is 0.714. The van der Waals surface area contributed by atoms with E-state index in [0.29, 0.717) is 25.6 Å². The maximum Gasteiger partial charge on any atom is 0.225 e. The van der Waals surface area contributed by atoms with Gasteiger partial charge in [0.05, 0.1) is 18.2 Å². The molecule has 2 saturated heterocycles. The summed E-state index contributed by atoms with van der Waals surface area (Å²) in [6.07, 6.45) is 10.3. The maximum atomic E-state index is 12.8. The second-order valence-corrected chi connectivity index (χ2v) is 8.26. The van der Waals surface area contributed by atoms with Gasteiger partial charge in [0, 0.05) is 25.6 Å². The third-order valence-electron chi connectivity index (χ3n) is 6.47. The molecule has 6 heteroatoms. The fourth-order valence-electron chi connectivity index (χ4n) is 4.94. The molecule has 2 aliphatic heterocycles. The minimum Gasteiger partial charge on any atom is -0.468 e. The van der Waals surface area contributed by atoms with Gasteiger partial charge in [-0.3, -0.25) is 14.5 Å². The van der Waals surface area contributed by atoms with Crippen molar-refractivity contribution in [3.63, 3.8) is 0 Å². The molecule has 148 valence electrons. The summed E-state index contributed by atoms with van der Waals surface area (Å²) < 4.78 is 5.62. The zero-order valence-corrected chi connectivity index (χ0v) is 16.1. The predicted molar refractivity (Wildman–Crippen MR) is 102 cm³/mol. The Hall–Kier alpha value is -1.82. The van der Waals surface area contributed by atoms with Crippen LogP contribution in [0.25, 0.3) is 0 Å². The van der Waals surface area contributed by atoms with Gasteiger partial charge in [0.1, 0.15) is 5.76 Å². The molecular formula is C21H31N3O3. The summed E-state index contributed by atoms with van der Waals surface area (Å²) in [6.45, 7) is 3.21. The Balaban J connectivity index is 1.33. The Morgan fingerprint density at radius 2 is 1.96 bits per heavy atom. The molecule has 0 radical (unpaired) electrons. The number of furan rings is 1. The third kappa shape index (κ3) is 4.21. The molecule has 1 aromatic rings. The van der Waals surface area contributed by atoms with Gasteiger partial charge in [0.25, 0.3) is 0 Å². The summed E-state index contributed by atoms with van der Waals surface area (Å²) in [5.74, 6) is 0.861. The molecule has 27 heavy (non-hydrogen) atoms. The van der Waals surface area contributed by atoms with Crippen molar-refractivity contribution in [3.05, 3.63) is 24.2 Å². The first kappa shape index (κ1) is 18.5. The first-order valence-corrected chi connectivity index (χ1v) is 10.6. The average molecular weight is 373 g/mol. The van der Waals surface area contributed by atoms with Crippen molar-refractivity contribution in [2.45, 2.75) is 63.5 Å². The number of nitrogens with zero attached hydrogens (tertiary/aromatic N) is 2. The number of likely N-dealkylation sites (tertiary alicyclic amines) is 2. The van der Waals surface area contributed by atoms with E-state index >= 15 is 0 Å². The lowest BCUT2D eigenvalue weighted by molar-refractivity contribution is -0.130. The molecule has 0 aromatic carbocycles. The van der Waals surface area contributed by atoms with Crippen LogP contribution in [-0.4, -0.2) is 53.8 Å². The van der Waals surface area contributed by atoms with Gasteiger partial charge in [0.15, 0.2) is 0 Å². The zero-order valence-electron chi connectivity index (χ0n) is 16.1. The first-order valence-electron chi connectivity index (χ1n) is 10.6. The van der Waals surface area contributed by atoms with E-state index in [1.54, 1.807) is 6.26 Å². The highest BCUT2D eigenvalue weighted by Crippen LogP contribution is 2.29. The molecule has 3 fully saturated rings. The molecule has 4 rings (SSSR count). The predicted octanol–water partition coefficient (Wildman–Crippen LogP) is 2.71. The third-order valence-corrected chi connectivity index (χ3v) is 6.47. The molecule has 2 amide bonds. The Morgan fingerprint density at radius 3 is 2.67 bits per heavy atom. The molecule has 6 nitrogen and oxygen atoms in total. The van der Waals surface area contributed by atoms with Crippen molar-refractivity contribution in [1.29, 1.82) is 0 Å². The number of nitrogens with one attached hydrogen (secondary N) is 1. The Morgan fingerprint density at radius 1 is 1.19 bits per heavy atom. The quantitative estimate of drug-likeness (QED) is 0.833. The van der Waals surface area contributed by atoms with Gasteiger partial charge in [-0.2, -0.15) is 0 Å². The summed E-state index contributed by atoms with van der Waals surface area (Å²) >= 11 is 0. The highest BCUT2D eigenvalue weighted by molar-refractivity contribution is 5.89. The van der Waals surface area contributed by atoms with E-state index in [0.717, 1.165) is 31.7 Å². The van der Waals surface area contributed by atoms with Crippen molar-refractivity contribution in [3.8, 4) is 0 Å². The van der Waals surface area contributed by atoms with E-state index in [9.17, 15) is 9.59 Å². The lowest BCUT2D eigenvalue weighted by Gasteiger charge is -2.31. The Labute approximate surface area is 161 Å². The lowest BCUT2D eigenvalue weighted by atomic mass is 9.94. The molecule has 0 bridgehead atoms. The Kier molecular flexibility index (Phi) is 5.81. The van der Waals surface area contributed by atoms with Crippen LogP contribution in [0.2, 0.25) is 0 Å². The molecule has 3 heterocycles. The van der Waals surface area contributed by atoms with E-state index < -0.39 is 0 Å². The number of carbonyl (C=O) groups excluding carboxylic acids is 2. The number of carbonyl (C=O) groups is 2. The maximum absolute atomic E-state index is 12.8. The zero-order chi connectivity index (χ0) is 18.6. The van der Waals surface area contributed by atoms with Gasteiger partial charge in [0.2, 0.25) is 11.8 Å². The van der Waals surface area contributed by atoms with Crippen molar-refractivity contribution in [1.82, 2.24) is 15.1 Å². The second-order valence-electron chi connectivity index (χ2n) is 8.26. The number of amides is 2. The van der Waals surface area contributed by atoms with Gasteiger partial charge < -0.3 is 14.6 Å². The summed E-state index contributed by atoms with van der Waals surface area (Å²) in [6, 6.07) is 4.32. The van der Waals surface area contributed by atoms with Gasteiger partial charge >= 0.3 is 0 Å². The minimum absolute atomic E-state index is 0.0115.